The summed E-state index contributed by atoms with van der Waals surface area (Å²) < 4.78 is 1.96. The average Bonchev–Trinajstić information content (AvgIpc) is 3.53. The van der Waals surface area contributed by atoms with Crippen LogP contribution in [0.2, 0.25) is 0 Å². The van der Waals surface area contributed by atoms with Crippen LogP contribution in [0.15, 0.2) is 55.1 Å². The molecule has 0 aliphatic carbocycles. The maximum absolute atomic E-state index is 13.2. The lowest BCUT2D eigenvalue weighted by Gasteiger charge is -2.35. The van der Waals surface area contributed by atoms with Crippen molar-refractivity contribution in [1.29, 1.82) is 0 Å². The van der Waals surface area contributed by atoms with Crippen molar-refractivity contribution in [1.82, 2.24) is 24.3 Å². The monoisotopic (exact) mass is 497 g/mol. The lowest BCUT2D eigenvalue weighted by atomic mass is 10.1. The molecule has 10 heteroatoms. The van der Waals surface area contributed by atoms with Gasteiger partial charge < -0.3 is 25.8 Å². The predicted octanol–water partition coefficient (Wildman–Crippen LogP) is 2.52. The van der Waals surface area contributed by atoms with Crippen LogP contribution in [-0.4, -0.2) is 76.0 Å². The highest BCUT2D eigenvalue weighted by molar-refractivity contribution is 5.84. The minimum atomic E-state index is 0.0520. The van der Waals surface area contributed by atoms with Crippen molar-refractivity contribution in [2.75, 3.05) is 66.7 Å². The zero-order valence-corrected chi connectivity index (χ0v) is 21.0. The number of carbonyl (C=O) groups excluding carboxylic acids is 1. The van der Waals surface area contributed by atoms with Gasteiger partial charge in [-0.2, -0.15) is 0 Å². The third-order valence-corrected chi connectivity index (χ3v) is 7.31. The number of hydrogen-bond donors (Lipinski definition) is 2. The van der Waals surface area contributed by atoms with Gasteiger partial charge in [-0.3, -0.25) is 14.2 Å². The van der Waals surface area contributed by atoms with Crippen molar-refractivity contribution >= 4 is 34.6 Å². The second-order valence-electron chi connectivity index (χ2n) is 9.42. The number of nitrogens with zero attached hydrogens (tertiary/aromatic N) is 7. The van der Waals surface area contributed by atoms with Crippen LogP contribution in [0.4, 0.5) is 23.0 Å². The Labute approximate surface area is 215 Å². The van der Waals surface area contributed by atoms with Crippen LogP contribution < -0.4 is 20.9 Å². The molecule has 4 aromatic rings. The van der Waals surface area contributed by atoms with Gasteiger partial charge in [0, 0.05) is 69.1 Å². The molecular weight excluding hydrogens is 466 g/mol. The Morgan fingerprint density at radius 2 is 1.97 bits per heavy atom. The Bertz CT molecular complexity index is 1440. The van der Waals surface area contributed by atoms with E-state index in [-0.39, 0.29) is 12.5 Å². The molecule has 0 spiro atoms. The summed E-state index contributed by atoms with van der Waals surface area (Å²) in [5, 5.41) is 3.40. The van der Waals surface area contributed by atoms with Crippen LogP contribution in [0.1, 0.15) is 12.5 Å². The molecule has 6 rings (SSSR count). The van der Waals surface area contributed by atoms with E-state index < -0.39 is 0 Å². The molecule has 0 unspecified atom stereocenters. The lowest BCUT2D eigenvalue weighted by Crippen LogP contribution is -2.50. The summed E-state index contributed by atoms with van der Waals surface area (Å²) in [6.45, 7) is 7.06. The van der Waals surface area contributed by atoms with Crippen molar-refractivity contribution in [3.05, 3.63) is 60.7 Å². The molecule has 1 aromatic carbocycles. The van der Waals surface area contributed by atoms with Crippen LogP contribution in [0.5, 0.6) is 0 Å². The number of nitrogens with two attached hydrogens (primary N) is 1. The second kappa shape index (κ2) is 9.61. The van der Waals surface area contributed by atoms with E-state index in [4.69, 9.17) is 10.7 Å². The second-order valence-corrected chi connectivity index (χ2v) is 9.42. The number of aromatic nitrogens is 4. The number of rotatable bonds is 6. The number of likely N-dealkylation sites (N-methyl/N-ethyl adjacent to an activating group) is 1. The number of amides is 1. The molecule has 3 N–H and O–H groups in total. The molecule has 1 saturated heterocycles. The van der Waals surface area contributed by atoms with Gasteiger partial charge >= 0.3 is 0 Å². The van der Waals surface area contributed by atoms with Crippen LogP contribution in [0, 0.1) is 0 Å². The van der Waals surface area contributed by atoms with Crippen molar-refractivity contribution < 1.29 is 4.79 Å². The maximum atomic E-state index is 13.2. The van der Waals surface area contributed by atoms with Gasteiger partial charge in [-0.05, 0) is 43.2 Å². The highest BCUT2D eigenvalue weighted by atomic mass is 16.2. The summed E-state index contributed by atoms with van der Waals surface area (Å²) in [5.41, 5.74) is 12.0. The van der Waals surface area contributed by atoms with Crippen LogP contribution in [0.3, 0.4) is 0 Å². The summed E-state index contributed by atoms with van der Waals surface area (Å²) in [7, 11) is 0. The minimum absolute atomic E-state index is 0.0520. The first-order valence-corrected chi connectivity index (χ1v) is 12.8. The van der Waals surface area contributed by atoms with Gasteiger partial charge in [0.15, 0.2) is 11.5 Å². The molecule has 2 aliphatic rings. The van der Waals surface area contributed by atoms with Crippen molar-refractivity contribution in [2.24, 2.45) is 0 Å². The third kappa shape index (κ3) is 4.28. The number of anilines is 4. The highest BCUT2D eigenvalue weighted by Gasteiger charge is 2.24. The highest BCUT2D eigenvalue weighted by Crippen LogP contribution is 2.35. The summed E-state index contributed by atoms with van der Waals surface area (Å²) in [5.74, 6) is 1.64. The fourth-order valence-corrected chi connectivity index (χ4v) is 5.34. The Kier molecular flexibility index (Phi) is 5.99. The molecule has 3 aromatic heterocycles. The summed E-state index contributed by atoms with van der Waals surface area (Å²) in [6.07, 6.45) is 8.13. The third-order valence-electron chi connectivity index (χ3n) is 7.31. The summed E-state index contributed by atoms with van der Waals surface area (Å²) in [4.78, 5) is 33.1. The van der Waals surface area contributed by atoms with Crippen LogP contribution in [0.25, 0.3) is 16.9 Å². The van der Waals surface area contributed by atoms with E-state index >= 15 is 0 Å². The van der Waals surface area contributed by atoms with E-state index in [1.165, 1.54) is 11.3 Å². The molecule has 10 nitrogen and oxygen atoms in total. The van der Waals surface area contributed by atoms with E-state index in [0.717, 1.165) is 48.1 Å². The number of pyridine rings is 1. The van der Waals surface area contributed by atoms with Gasteiger partial charge in [-0.15, -0.1) is 0 Å². The van der Waals surface area contributed by atoms with Gasteiger partial charge in [0.25, 0.3) is 0 Å². The average molecular weight is 498 g/mol. The number of piperazine rings is 1. The number of benzene rings is 1. The zero-order valence-electron chi connectivity index (χ0n) is 21.0. The largest absolute Gasteiger partial charge is 0.396 e. The number of nitrogens with one attached hydrogen (secondary N) is 1. The maximum Gasteiger partial charge on any atom is 0.242 e. The van der Waals surface area contributed by atoms with Gasteiger partial charge in [0.05, 0.1) is 18.4 Å². The molecule has 2 aliphatic heterocycles. The molecule has 5 heterocycles. The van der Waals surface area contributed by atoms with E-state index in [2.05, 4.69) is 50.2 Å². The first-order valence-electron chi connectivity index (χ1n) is 12.8. The number of nitrogen functional groups attached to an aromatic ring is 1. The Morgan fingerprint density at radius 1 is 1.11 bits per heavy atom. The molecule has 0 saturated carbocycles. The van der Waals surface area contributed by atoms with Crippen molar-refractivity contribution in [3.63, 3.8) is 0 Å². The summed E-state index contributed by atoms with van der Waals surface area (Å²) >= 11 is 0. The molecule has 1 fully saturated rings. The molecule has 0 atom stereocenters. The molecular formula is C27H31N9O. The topological polar surface area (TPSA) is 108 Å². The van der Waals surface area contributed by atoms with Crippen LogP contribution >= 0.6 is 0 Å². The molecule has 37 heavy (non-hydrogen) atoms. The number of fused-ring (bicyclic) bond motifs is 2. The molecule has 0 bridgehead atoms. The number of hydrogen-bond acceptors (Lipinski definition) is 8. The summed E-state index contributed by atoms with van der Waals surface area (Å²) in [6, 6.07) is 10.2. The normalized spacial score (nSPS) is 15.3. The van der Waals surface area contributed by atoms with Gasteiger partial charge in [-0.25, -0.2) is 9.97 Å². The Morgan fingerprint density at radius 3 is 2.78 bits per heavy atom. The lowest BCUT2D eigenvalue weighted by molar-refractivity contribution is -0.129. The number of imidazole rings is 1. The zero-order chi connectivity index (χ0) is 25.4. The van der Waals surface area contributed by atoms with E-state index in [9.17, 15) is 4.79 Å². The molecule has 190 valence electrons. The minimum Gasteiger partial charge on any atom is -0.396 e. The SMILES string of the molecule is CCN1CCc2cc(-c3nc4cnccn4c3NCC(=O)N3CCN(c4ncccc4N)CC3)ccc21. The molecule has 0 radical (unpaired) electrons. The standard InChI is InChI=1S/C27H31N9O/c1-2-33-10-7-19-16-20(5-6-22(19)33)25-27(36-11-9-29-17-23(36)32-25)31-18-24(37)34-12-14-35(15-13-34)26-21(28)4-3-8-30-26/h3-6,8-9,11,16-17,31H,2,7,10,12-15,18,28H2,1H3. The fourth-order valence-electron chi connectivity index (χ4n) is 5.34. The quantitative estimate of drug-likeness (QED) is 0.418. The van der Waals surface area contributed by atoms with E-state index in [1.54, 1.807) is 18.6 Å². The van der Waals surface area contributed by atoms with Crippen molar-refractivity contribution in [3.8, 4) is 11.3 Å². The Balaban J connectivity index is 1.19. The molecule has 1 amide bonds. The predicted molar refractivity (Wildman–Crippen MR) is 146 cm³/mol. The first kappa shape index (κ1) is 23.1. The first-order chi connectivity index (χ1) is 18.1. The number of carbonyl (C=O) groups is 1. The van der Waals surface area contributed by atoms with Gasteiger partial charge in [0.1, 0.15) is 11.5 Å². The van der Waals surface area contributed by atoms with Crippen molar-refractivity contribution in [2.45, 2.75) is 13.3 Å². The van der Waals surface area contributed by atoms with Crippen LogP contribution in [-0.2, 0) is 11.2 Å². The Hall–Kier alpha value is -4.34. The van der Waals surface area contributed by atoms with Gasteiger partial charge in [0.2, 0.25) is 5.91 Å². The van der Waals surface area contributed by atoms with E-state index in [0.29, 0.717) is 31.9 Å². The smallest absolute Gasteiger partial charge is 0.242 e. The fraction of sp³-hybridized carbons (Fsp3) is 0.333. The van der Waals surface area contributed by atoms with Gasteiger partial charge in [-0.1, -0.05) is 6.07 Å². The van der Waals surface area contributed by atoms with E-state index in [1.807, 2.05) is 27.6 Å².